The van der Waals surface area contributed by atoms with Crippen molar-refractivity contribution in [3.8, 4) is 11.8 Å². The van der Waals surface area contributed by atoms with E-state index in [1.807, 2.05) is 24.3 Å². The predicted molar refractivity (Wildman–Crippen MR) is 125 cm³/mol. The Balaban J connectivity index is 1.33. The zero-order valence-electron chi connectivity index (χ0n) is 18.8. The monoisotopic (exact) mass is 473 g/mol. The number of ether oxygens (including phenoxy) is 2. The van der Waals surface area contributed by atoms with E-state index in [9.17, 15) is 13.2 Å². The number of hydrogen-bond acceptors (Lipinski definition) is 7. The number of nitrogens with one attached hydrogen (secondary N) is 1. The Bertz CT molecular complexity index is 1060. The van der Waals surface area contributed by atoms with Crippen LogP contribution in [0.2, 0.25) is 0 Å². The van der Waals surface area contributed by atoms with Crippen molar-refractivity contribution in [2.24, 2.45) is 0 Å². The van der Waals surface area contributed by atoms with Gasteiger partial charge in [-0.1, -0.05) is 30.3 Å². The largest absolute Gasteiger partial charge is 0.573 e. The minimum atomic E-state index is -4.69. The summed E-state index contributed by atoms with van der Waals surface area (Å²) in [6, 6.07) is 18.3. The third-order valence-electron chi connectivity index (χ3n) is 5.48. The Kier molecular flexibility index (Phi) is 7.24. The highest BCUT2D eigenvalue weighted by molar-refractivity contribution is 5.53. The summed E-state index contributed by atoms with van der Waals surface area (Å²) >= 11 is 0. The Morgan fingerprint density at radius 3 is 2.24 bits per heavy atom. The van der Waals surface area contributed by atoms with E-state index in [1.165, 1.54) is 24.9 Å². The summed E-state index contributed by atoms with van der Waals surface area (Å²) in [5.41, 5.74) is 2.09. The van der Waals surface area contributed by atoms with Crippen LogP contribution < -0.4 is 24.6 Å². The Labute approximate surface area is 196 Å². The molecule has 1 fully saturated rings. The number of methoxy groups -OCH3 is 1. The van der Waals surface area contributed by atoms with Gasteiger partial charge in [0.2, 0.25) is 0 Å². The second-order valence-corrected chi connectivity index (χ2v) is 7.78. The summed E-state index contributed by atoms with van der Waals surface area (Å²) in [4.78, 5) is 13.4. The van der Waals surface area contributed by atoms with E-state index in [1.54, 1.807) is 12.1 Å². The van der Waals surface area contributed by atoms with Crippen LogP contribution in [0.3, 0.4) is 0 Å². The van der Waals surface area contributed by atoms with Gasteiger partial charge in [-0.3, -0.25) is 0 Å². The standard InChI is InChI=1S/C24H26F3N5O2/c1-33-23-29-21(28-12-11-18-7-9-20(10-8-18)34-24(25,26)27)17-22(30-23)32-15-13-31(14-16-32)19-5-3-2-4-6-19/h2-10,17H,11-16H2,1H3,(H,28,29,30). The highest BCUT2D eigenvalue weighted by Gasteiger charge is 2.30. The number of para-hydroxylation sites is 1. The molecule has 180 valence electrons. The van der Waals surface area contributed by atoms with E-state index in [2.05, 4.69) is 42.0 Å². The van der Waals surface area contributed by atoms with Crippen molar-refractivity contribution in [3.63, 3.8) is 0 Å². The maximum atomic E-state index is 12.3. The number of alkyl halides is 3. The van der Waals surface area contributed by atoms with Crippen molar-refractivity contribution in [1.29, 1.82) is 0 Å². The molecule has 1 aliphatic rings. The van der Waals surface area contributed by atoms with Gasteiger partial charge < -0.3 is 24.6 Å². The lowest BCUT2D eigenvalue weighted by atomic mass is 10.1. The lowest BCUT2D eigenvalue weighted by Crippen LogP contribution is -2.46. The predicted octanol–water partition coefficient (Wildman–Crippen LogP) is 4.37. The molecule has 0 saturated carbocycles. The lowest BCUT2D eigenvalue weighted by Gasteiger charge is -2.36. The molecule has 1 N–H and O–H groups in total. The van der Waals surface area contributed by atoms with Crippen LogP contribution >= 0.6 is 0 Å². The smallest absolute Gasteiger partial charge is 0.467 e. The van der Waals surface area contributed by atoms with Crippen LogP contribution in [-0.4, -0.2) is 56.2 Å². The van der Waals surface area contributed by atoms with Gasteiger partial charge in [-0.05, 0) is 36.2 Å². The first kappa shape index (κ1) is 23.5. The first-order chi connectivity index (χ1) is 16.4. The number of rotatable bonds is 8. The van der Waals surface area contributed by atoms with Crippen LogP contribution in [0.15, 0.2) is 60.7 Å². The molecule has 0 radical (unpaired) electrons. The van der Waals surface area contributed by atoms with Gasteiger partial charge in [0, 0.05) is 44.5 Å². The summed E-state index contributed by atoms with van der Waals surface area (Å²) in [6.07, 6.45) is -4.09. The topological polar surface area (TPSA) is 62.8 Å². The van der Waals surface area contributed by atoms with Gasteiger partial charge in [-0.15, -0.1) is 13.2 Å². The minimum absolute atomic E-state index is 0.234. The maximum Gasteiger partial charge on any atom is 0.573 e. The molecule has 0 unspecified atom stereocenters. The van der Waals surface area contributed by atoms with Crippen LogP contribution in [-0.2, 0) is 6.42 Å². The fraction of sp³-hybridized carbons (Fsp3) is 0.333. The number of benzene rings is 2. The second kappa shape index (κ2) is 10.5. The number of piperazine rings is 1. The minimum Gasteiger partial charge on any atom is -0.467 e. The van der Waals surface area contributed by atoms with Gasteiger partial charge in [0.15, 0.2) is 0 Å². The zero-order valence-corrected chi connectivity index (χ0v) is 18.8. The maximum absolute atomic E-state index is 12.3. The Morgan fingerprint density at radius 2 is 1.59 bits per heavy atom. The van der Waals surface area contributed by atoms with Crippen molar-refractivity contribution in [1.82, 2.24) is 9.97 Å². The molecule has 2 heterocycles. The van der Waals surface area contributed by atoms with Crippen LogP contribution in [0.25, 0.3) is 0 Å². The molecule has 3 aromatic rings. The number of hydrogen-bond donors (Lipinski definition) is 1. The number of halogens is 3. The molecule has 4 rings (SSSR count). The molecule has 0 spiro atoms. The summed E-state index contributed by atoms with van der Waals surface area (Å²) in [5.74, 6) is 1.18. The molecular formula is C24H26F3N5O2. The number of nitrogens with zero attached hydrogens (tertiary/aromatic N) is 4. The van der Waals surface area contributed by atoms with Crippen molar-refractivity contribution in [2.45, 2.75) is 12.8 Å². The van der Waals surface area contributed by atoms with E-state index in [0.29, 0.717) is 18.8 Å². The van der Waals surface area contributed by atoms with Gasteiger partial charge in [0.1, 0.15) is 17.4 Å². The van der Waals surface area contributed by atoms with E-state index in [-0.39, 0.29) is 11.8 Å². The Hall–Kier alpha value is -3.69. The molecule has 7 nitrogen and oxygen atoms in total. The molecule has 1 aromatic heterocycles. The van der Waals surface area contributed by atoms with Gasteiger partial charge in [0.05, 0.1) is 7.11 Å². The third-order valence-corrected chi connectivity index (χ3v) is 5.48. The first-order valence-corrected chi connectivity index (χ1v) is 11.0. The fourth-order valence-electron chi connectivity index (χ4n) is 3.78. The summed E-state index contributed by atoms with van der Waals surface area (Å²) in [7, 11) is 1.53. The van der Waals surface area contributed by atoms with Crippen LogP contribution in [0, 0.1) is 0 Å². The quantitative estimate of drug-likeness (QED) is 0.522. The highest BCUT2D eigenvalue weighted by atomic mass is 19.4. The van der Waals surface area contributed by atoms with Gasteiger partial charge >= 0.3 is 12.4 Å². The molecule has 0 aliphatic carbocycles. The molecule has 34 heavy (non-hydrogen) atoms. The van der Waals surface area contributed by atoms with E-state index in [0.717, 1.165) is 37.6 Å². The lowest BCUT2D eigenvalue weighted by molar-refractivity contribution is -0.274. The summed E-state index contributed by atoms with van der Waals surface area (Å²) in [5, 5.41) is 3.26. The van der Waals surface area contributed by atoms with Gasteiger partial charge in [-0.2, -0.15) is 9.97 Å². The third kappa shape index (κ3) is 6.43. The normalized spacial score (nSPS) is 14.1. The summed E-state index contributed by atoms with van der Waals surface area (Å²) < 4.78 is 46.1. The number of aromatic nitrogens is 2. The molecule has 1 aliphatic heterocycles. The van der Waals surface area contributed by atoms with Crippen molar-refractivity contribution in [3.05, 3.63) is 66.2 Å². The Morgan fingerprint density at radius 1 is 0.912 bits per heavy atom. The van der Waals surface area contributed by atoms with Crippen molar-refractivity contribution >= 4 is 17.3 Å². The first-order valence-electron chi connectivity index (χ1n) is 11.0. The van der Waals surface area contributed by atoms with Gasteiger partial charge in [0.25, 0.3) is 0 Å². The summed E-state index contributed by atoms with van der Waals surface area (Å²) in [6.45, 7) is 3.95. The molecule has 0 amide bonds. The molecule has 0 bridgehead atoms. The fourth-order valence-corrected chi connectivity index (χ4v) is 3.78. The molecular weight excluding hydrogens is 447 g/mol. The SMILES string of the molecule is COc1nc(NCCc2ccc(OC(F)(F)F)cc2)cc(N2CCN(c3ccccc3)CC2)n1. The van der Waals surface area contributed by atoms with Crippen LogP contribution in [0.5, 0.6) is 11.8 Å². The zero-order chi connectivity index (χ0) is 24.0. The van der Waals surface area contributed by atoms with Crippen LogP contribution in [0.4, 0.5) is 30.5 Å². The average Bonchev–Trinajstić information content (AvgIpc) is 2.85. The van der Waals surface area contributed by atoms with Crippen LogP contribution in [0.1, 0.15) is 5.56 Å². The van der Waals surface area contributed by atoms with E-state index < -0.39 is 6.36 Å². The van der Waals surface area contributed by atoms with E-state index in [4.69, 9.17) is 4.74 Å². The van der Waals surface area contributed by atoms with Crippen molar-refractivity contribution in [2.75, 3.05) is 55.0 Å². The molecule has 1 saturated heterocycles. The van der Waals surface area contributed by atoms with Gasteiger partial charge in [-0.25, -0.2) is 0 Å². The molecule has 2 aromatic carbocycles. The average molecular weight is 473 g/mol. The number of anilines is 3. The van der Waals surface area contributed by atoms with E-state index >= 15 is 0 Å². The molecule has 0 atom stereocenters. The highest BCUT2D eigenvalue weighted by Crippen LogP contribution is 2.24. The second-order valence-electron chi connectivity index (χ2n) is 7.78. The van der Waals surface area contributed by atoms with Crippen molar-refractivity contribution < 1.29 is 22.6 Å². The molecule has 10 heteroatoms.